The lowest BCUT2D eigenvalue weighted by molar-refractivity contribution is 0.607. The third-order valence-corrected chi connectivity index (χ3v) is 3.32. The van der Waals surface area contributed by atoms with Gasteiger partial charge in [0.15, 0.2) is 0 Å². The fourth-order valence-corrected chi connectivity index (χ4v) is 2.14. The van der Waals surface area contributed by atoms with E-state index in [0.717, 1.165) is 37.3 Å². The van der Waals surface area contributed by atoms with Crippen LogP contribution in [-0.4, -0.2) is 19.1 Å². The van der Waals surface area contributed by atoms with Crippen LogP contribution in [0.2, 0.25) is 0 Å². The Balaban J connectivity index is 2.95. The average Bonchev–Trinajstić information content (AvgIpc) is 2.36. The van der Waals surface area contributed by atoms with Crippen LogP contribution in [0.25, 0.3) is 0 Å². The van der Waals surface area contributed by atoms with Crippen LogP contribution in [0.4, 0.5) is 10.1 Å². The lowest BCUT2D eigenvalue weighted by atomic mass is 10.1. The van der Waals surface area contributed by atoms with Crippen molar-refractivity contribution in [1.29, 1.82) is 0 Å². The number of rotatable bonds is 7. The second kappa shape index (κ2) is 7.37. The first-order valence-corrected chi connectivity index (χ1v) is 6.89. The highest BCUT2D eigenvalue weighted by Gasteiger charge is 2.12. The van der Waals surface area contributed by atoms with Crippen LogP contribution in [-0.2, 0) is 6.54 Å². The molecule has 2 nitrogen and oxygen atoms in total. The maximum atomic E-state index is 13.7. The van der Waals surface area contributed by atoms with Crippen molar-refractivity contribution in [3.05, 3.63) is 29.6 Å². The van der Waals surface area contributed by atoms with E-state index in [-0.39, 0.29) is 5.82 Å². The average molecular weight is 252 g/mol. The highest BCUT2D eigenvalue weighted by Crippen LogP contribution is 2.21. The number of anilines is 1. The maximum Gasteiger partial charge on any atom is 0.125 e. The number of nitrogens with zero attached hydrogens (tertiary/aromatic N) is 1. The Labute approximate surface area is 110 Å². The van der Waals surface area contributed by atoms with Gasteiger partial charge in [0.05, 0.1) is 0 Å². The minimum absolute atomic E-state index is 0.151. The van der Waals surface area contributed by atoms with Gasteiger partial charge < -0.3 is 10.2 Å². The largest absolute Gasteiger partial charge is 0.369 e. The highest BCUT2D eigenvalue weighted by atomic mass is 19.1. The van der Waals surface area contributed by atoms with E-state index in [0.29, 0.717) is 6.04 Å². The van der Waals surface area contributed by atoms with Gasteiger partial charge in [0.1, 0.15) is 5.82 Å². The van der Waals surface area contributed by atoms with E-state index in [1.54, 1.807) is 12.1 Å². The van der Waals surface area contributed by atoms with E-state index >= 15 is 0 Å². The molecule has 1 N–H and O–H groups in total. The Morgan fingerprint density at radius 2 is 1.94 bits per heavy atom. The van der Waals surface area contributed by atoms with Crippen LogP contribution in [0.3, 0.4) is 0 Å². The third kappa shape index (κ3) is 3.98. The predicted molar refractivity (Wildman–Crippen MR) is 76.6 cm³/mol. The topological polar surface area (TPSA) is 15.3 Å². The summed E-state index contributed by atoms with van der Waals surface area (Å²) in [6.45, 7) is 11.0. The molecule has 0 saturated carbocycles. The molecule has 1 aromatic carbocycles. The smallest absolute Gasteiger partial charge is 0.125 e. The van der Waals surface area contributed by atoms with Crippen molar-refractivity contribution < 1.29 is 4.39 Å². The first-order chi connectivity index (χ1) is 8.62. The van der Waals surface area contributed by atoms with Gasteiger partial charge in [0.2, 0.25) is 0 Å². The Bertz CT molecular complexity index is 366. The van der Waals surface area contributed by atoms with Gasteiger partial charge in [0.25, 0.3) is 0 Å². The molecular formula is C15H25FN2. The Morgan fingerprint density at radius 1 is 1.22 bits per heavy atom. The summed E-state index contributed by atoms with van der Waals surface area (Å²) in [6, 6.07) is 5.76. The van der Waals surface area contributed by atoms with Gasteiger partial charge in [-0.1, -0.05) is 13.8 Å². The van der Waals surface area contributed by atoms with Gasteiger partial charge in [-0.15, -0.1) is 0 Å². The molecule has 18 heavy (non-hydrogen) atoms. The molecule has 0 heterocycles. The number of nitrogens with one attached hydrogen (secondary N) is 1. The molecule has 0 aliphatic rings. The zero-order valence-corrected chi connectivity index (χ0v) is 12.0. The van der Waals surface area contributed by atoms with Crippen LogP contribution in [0.5, 0.6) is 0 Å². The summed E-state index contributed by atoms with van der Waals surface area (Å²) >= 11 is 0. The zero-order valence-electron chi connectivity index (χ0n) is 12.0. The SMILES string of the molecule is CCNCc1cc(F)cc(N(CC)C(C)CC)c1. The highest BCUT2D eigenvalue weighted by molar-refractivity contribution is 5.49. The molecule has 0 amide bonds. The van der Waals surface area contributed by atoms with Crippen LogP contribution < -0.4 is 10.2 Å². The molecule has 0 aliphatic heterocycles. The molecule has 102 valence electrons. The first-order valence-electron chi connectivity index (χ1n) is 6.89. The number of halogens is 1. The molecule has 1 rings (SSSR count). The van der Waals surface area contributed by atoms with Crippen LogP contribution in [0, 0.1) is 5.82 Å². The summed E-state index contributed by atoms with van der Waals surface area (Å²) in [5, 5.41) is 3.23. The van der Waals surface area contributed by atoms with E-state index in [1.807, 2.05) is 0 Å². The predicted octanol–water partition coefficient (Wildman–Crippen LogP) is 3.56. The summed E-state index contributed by atoms with van der Waals surface area (Å²) < 4.78 is 13.7. The van der Waals surface area contributed by atoms with E-state index in [9.17, 15) is 4.39 Å². The summed E-state index contributed by atoms with van der Waals surface area (Å²) in [7, 11) is 0. The number of benzene rings is 1. The first kappa shape index (κ1) is 15.0. The Hall–Kier alpha value is -1.09. The van der Waals surface area contributed by atoms with Gasteiger partial charge >= 0.3 is 0 Å². The second-order valence-electron chi connectivity index (χ2n) is 4.64. The minimum atomic E-state index is -0.151. The van der Waals surface area contributed by atoms with Gasteiger partial charge in [-0.05, 0) is 50.6 Å². The van der Waals surface area contributed by atoms with E-state index < -0.39 is 0 Å². The molecule has 1 aromatic rings. The maximum absolute atomic E-state index is 13.7. The van der Waals surface area contributed by atoms with Crippen molar-refractivity contribution >= 4 is 5.69 Å². The van der Waals surface area contributed by atoms with Crippen molar-refractivity contribution in [3.8, 4) is 0 Å². The zero-order chi connectivity index (χ0) is 13.5. The molecule has 0 aromatic heterocycles. The van der Waals surface area contributed by atoms with Crippen molar-refractivity contribution in [2.45, 2.75) is 46.7 Å². The second-order valence-corrected chi connectivity index (χ2v) is 4.64. The van der Waals surface area contributed by atoms with Crippen molar-refractivity contribution in [2.75, 3.05) is 18.0 Å². The van der Waals surface area contributed by atoms with E-state index in [4.69, 9.17) is 0 Å². The lowest BCUT2D eigenvalue weighted by Gasteiger charge is -2.30. The molecule has 0 radical (unpaired) electrons. The third-order valence-electron chi connectivity index (χ3n) is 3.32. The number of hydrogen-bond donors (Lipinski definition) is 1. The van der Waals surface area contributed by atoms with Crippen LogP contribution >= 0.6 is 0 Å². The molecule has 3 heteroatoms. The molecule has 0 fully saturated rings. The lowest BCUT2D eigenvalue weighted by Crippen LogP contribution is -2.32. The van der Waals surface area contributed by atoms with Gasteiger partial charge in [-0.3, -0.25) is 0 Å². The van der Waals surface area contributed by atoms with E-state index in [1.165, 1.54) is 0 Å². The monoisotopic (exact) mass is 252 g/mol. The molecule has 1 unspecified atom stereocenters. The van der Waals surface area contributed by atoms with Crippen LogP contribution in [0.1, 0.15) is 39.7 Å². The van der Waals surface area contributed by atoms with Crippen molar-refractivity contribution in [3.63, 3.8) is 0 Å². The Morgan fingerprint density at radius 3 is 2.50 bits per heavy atom. The summed E-state index contributed by atoms with van der Waals surface area (Å²) in [5.74, 6) is -0.151. The Kier molecular flexibility index (Phi) is 6.13. The fraction of sp³-hybridized carbons (Fsp3) is 0.600. The van der Waals surface area contributed by atoms with Crippen molar-refractivity contribution in [1.82, 2.24) is 5.32 Å². The van der Waals surface area contributed by atoms with E-state index in [2.05, 4.69) is 44.0 Å². The quantitative estimate of drug-likeness (QED) is 0.798. The molecular weight excluding hydrogens is 227 g/mol. The minimum Gasteiger partial charge on any atom is -0.369 e. The summed E-state index contributed by atoms with van der Waals surface area (Å²) in [6.07, 6.45) is 1.06. The molecule has 1 atom stereocenters. The fourth-order valence-electron chi connectivity index (χ4n) is 2.14. The van der Waals surface area contributed by atoms with Crippen LogP contribution in [0.15, 0.2) is 18.2 Å². The number of hydrogen-bond acceptors (Lipinski definition) is 2. The van der Waals surface area contributed by atoms with Crippen molar-refractivity contribution in [2.24, 2.45) is 0 Å². The molecule has 0 aliphatic carbocycles. The van der Waals surface area contributed by atoms with Gasteiger partial charge in [-0.2, -0.15) is 0 Å². The normalized spacial score (nSPS) is 12.5. The molecule has 0 spiro atoms. The summed E-state index contributed by atoms with van der Waals surface area (Å²) in [4.78, 5) is 2.25. The van der Waals surface area contributed by atoms with Gasteiger partial charge in [0, 0.05) is 24.8 Å². The summed E-state index contributed by atoms with van der Waals surface area (Å²) in [5.41, 5.74) is 1.99. The standard InChI is InChI=1S/C15H25FN2/c1-5-12(4)18(7-3)15-9-13(11-17-6-2)8-14(16)10-15/h8-10,12,17H,5-7,11H2,1-4H3. The molecule has 0 bridgehead atoms. The van der Waals surface area contributed by atoms with Gasteiger partial charge in [-0.25, -0.2) is 4.39 Å². The molecule has 0 saturated heterocycles.